The molecule has 0 aliphatic heterocycles. The van der Waals surface area contributed by atoms with Gasteiger partial charge in [0.25, 0.3) is 0 Å². The summed E-state index contributed by atoms with van der Waals surface area (Å²) in [6.45, 7) is 0. The van der Waals surface area contributed by atoms with Gasteiger partial charge in [-0.1, -0.05) is 30.3 Å². The van der Waals surface area contributed by atoms with Gasteiger partial charge in [0, 0.05) is 12.1 Å². The fraction of sp³-hybridized carbons (Fsp3) is 0.333. The minimum atomic E-state index is 0.0721. The minimum absolute atomic E-state index is 0.0721. The van der Waals surface area contributed by atoms with Gasteiger partial charge in [0.15, 0.2) is 0 Å². The summed E-state index contributed by atoms with van der Waals surface area (Å²) in [5, 5.41) is 11.7. The van der Waals surface area contributed by atoms with Crippen LogP contribution in [0.1, 0.15) is 49.1 Å². The third-order valence-electron chi connectivity index (χ3n) is 4.89. The molecule has 1 aliphatic carbocycles. The predicted molar refractivity (Wildman–Crippen MR) is 95.5 cm³/mol. The lowest BCUT2D eigenvalue weighted by molar-refractivity contribution is -0.117. The van der Waals surface area contributed by atoms with Crippen LogP contribution in [0.2, 0.25) is 0 Å². The van der Waals surface area contributed by atoms with E-state index >= 15 is 0 Å². The molecule has 2 aromatic rings. The Balaban J connectivity index is 1.47. The summed E-state index contributed by atoms with van der Waals surface area (Å²) < 4.78 is 0. The van der Waals surface area contributed by atoms with Crippen molar-refractivity contribution < 1.29 is 4.79 Å². The average molecular weight is 318 g/mol. The number of benzene rings is 2. The fourth-order valence-corrected chi connectivity index (χ4v) is 3.53. The molecule has 3 rings (SSSR count). The lowest BCUT2D eigenvalue weighted by Gasteiger charge is -2.28. The van der Waals surface area contributed by atoms with Gasteiger partial charge in [0.05, 0.1) is 11.6 Å². The van der Waals surface area contributed by atoms with Gasteiger partial charge in [-0.25, -0.2) is 0 Å². The van der Waals surface area contributed by atoms with Crippen molar-refractivity contribution in [2.45, 2.75) is 38.0 Å². The number of amides is 1. The van der Waals surface area contributed by atoms with Crippen LogP contribution in [0.15, 0.2) is 54.6 Å². The molecular formula is C21H22N2O. The molecule has 0 aromatic heterocycles. The molecule has 122 valence electrons. The molecule has 3 heteroatoms. The van der Waals surface area contributed by atoms with Gasteiger partial charge < -0.3 is 5.32 Å². The van der Waals surface area contributed by atoms with Gasteiger partial charge in [-0.2, -0.15) is 5.26 Å². The van der Waals surface area contributed by atoms with Crippen molar-refractivity contribution in [3.8, 4) is 6.07 Å². The highest BCUT2D eigenvalue weighted by Crippen LogP contribution is 2.37. The molecule has 1 aliphatic rings. The zero-order valence-corrected chi connectivity index (χ0v) is 13.7. The molecule has 1 fully saturated rings. The number of hydrogen-bond donors (Lipinski definition) is 1. The summed E-state index contributed by atoms with van der Waals surface area (Å²) in [7, 11) is 0. The van der Waals surface area contributed by atoms with E-state index in [0.29, 0.717) is 23.8 Å². The summed E-state index contributed by atoms with van der Waals surface area (Å²) in [5.74, 6) is 1.19. The van der Waals surface area contributed by atoms with E-state index in [1.54, 1.807) is 24.3 Å². The lowest BCUT2D eigenvalue weighted by atomic mass is 9.77. The van der Waals surface area contributed by atoms with Crippen LogP contribution >= 0.6 is 0 Å². The van der Waals surface area contributed by atoms with Crippen LogP contribution in [0.25, 0.3) is 0 Å². The Morgan fingerprint density at radius 2 is 1.67 bits per heavy atom. The Kier molecular flexibility index (Phi) is 5.28. The van der Waals surface area contributed by atoms with Crippen LogP contribution in [0.3, 0.4) is 0 Å². The Hall–Kier alpha value is -2.60. The zero-order valence-electron chi connectivity index (χ0n) is 13.7. The molecule has 3 nitrogen and oxygen atoms in total. The first-order chi connectivity index (χ1) is 11.7. The molecular weight excluding hydrogens is 296 g/mol. The van der Waals surface area contributed by atoms with E-state index < -0.39 is 0 Å². The van der Waals surface area contributed by atoms with E-state index in [4.69, 9.17) is 5.26 Å². The minimum Gasteiger partial charge on any atom is -0.326 e. The topological polar surface area (TPSA) is 52.9 Å². The van der Waals surface area contributed by atoms with E-state index in [2.05, 4.69) is 41.7 Å². The van der Waals surface area contributed by atoms with Gasteiger partial charge in [-0.05, 0) is 67.3 Å². The highest BCUT2D eigenvalue weighted by Gasteiger charge is 2.23. The molecule has 0 atom stereocenters. The molecule has 0 heterocycles. The summed E-state index contributed by atoms with van der Waals surface area (Å²) in [6.07, 6.45) is 5.14. The molecule has 0 spiro atoms. The first-order valence-corrected chi connectivity index (χ1v) is 8.59. The predicted octanol–water partition coefficient (Wildman–Crippen LogP) is 4.86. The first-order valence-electron chi connectivity index (χ1n) is 8.59. The largest absolute Gasteiger partial charge is 0.326 e. The van der Waals surface area contributed by atoms with Crippen molar-refractivity contribution >= 4 is 11.6 Å². The smallest absolute Gasteiger partial charge is 0.224 e. The Bertz CT molecular complexity index is 708. The monoisotopic (exact) mass is 318 g/mol. The normalized spacial score (nSPS) is 20.1. The zero-order chi connectivity index (χ0) is 16.8. The molecule has 0 saturated heterocycles. The van der Waals surface area contributed by atoms with Crippen LogP contribution in [-0.4, -0.2) is 5.91 Å². The van der Waals surface area contributed by atoms with E-state index in [-0.39, 0.29) is 5.91 Å². The van der Waals surface area contributed by atoms with Gasteiger partial charge in [-0.15, -0.1) is 0 Å². The molecule has 0 radical (unpaired) electrons. The van der Waals surface area contributed by atoms with Crippen molar-refractivity contribution in [2.75, 3.05) is 5.32 Å². The number of carbonyl (C=O) groups is 1. The number of nitriles is 1. The fourth-order valence-electron chi connectivity index (χ4n) is 3.53. The third-order valence-corrected chi connectivity index (χ3v) is 4.89. The average Bonchev–Trinajstić information content (AvgIpc) is 2.64. The Morgan fingerprint density at radius 3 is 2.29 bits per heavy atom. The van der Waals surface area contributed by atoms with Crippen LogP contribution in [0, 0.1) is 17.2 Å². The highest BCUT2D eigenvalue weighted by atomic mass is 16.1. The van der Waals surface area contributed by atoms with Crippen molar-refractivity contribution in [3.63, 3.8) is 0 Å². The van der Waals surface area contributed by atoms with Gasteiger partial charge >= 0.3 is 0 Å². The van der Waals surface area contributed by atoms with E-state index in [1.165, 1.54) is 18.4 Å². The maximum Gasteiger partial charge on any atom is 0.224 e. The molecule has 1 saturated carbocycles. The number of carbonyl (C=O) groups excluding carboxylic acids is 1. The second kappa shape index (κ2) is 7.79. The SMILES string of the molecule is N#Cc1ccc(NC(=O)CC2CCC(c3ccccc3)CC2)cc1. The third kappa shape index (κ3) is 4.23. The van der Waals surface area contributed by atoms with Crippen molar-refractivity contribution in [2.24, 2.45) is 5.92 Å². The maximum atomic E-state index is 12.2. The maximum absolute atomic E-state index is 12.2. The summed E-state index contributed by atoms with van der Waals surface area (Å²) in [6, 6.07) is 19.8. The molecule has 2 aromatic carbocycles. The van der Waals surface area contributed by atoms with Crippen LogP contribution in [0.4, 0.5) is 5.69 Å². The first kappa shape index (κ1) is 16.3. The van der Waals surface area contributed by atoms with Crippen molar-refractivity contribution in [1.82, 2.24) is 0 Å². The quantitative estimate of drug-likeness (QED) is 0.875. The van der Waals surface area contributed by atoms with Crippen LogP contribution in [0.5, 0.6) is 0 Å². The van der Waals surface area contributed by atoms with Crippen LogP contribution < -0.4 is 5.32 Å². The van der Waals surface area contributed by atoms with Gasteiger partial charge in [-0.3, -0.25) is 4.79 Å². The summed E-state index contributed by atoms with van der Waals surface area (Å²) in [4.78, 5) is 12.2. The highest BCUT2D eigenvalue weighted by molar-refractivity contribution is 5.90. The Morgan fingerprint density at radius 1 is 1.00 bits per heavy atom. The molecule has 24 heavy (non-hydrogen) atoms. The van der Waals surface area contributed by atoms with E-state index in [0.717, 1.165) is 18.5 Å². The number of hydrogen-bond acceptors (Lipinski definition) is 2. The van der Waals surface area contributed by atoms with Gasteiger partial charge in [0.2, 0.25) is 5.91 Å². The number of anilines is 1. The second-order valence-corrected chi connectivity index (χ2v) is 6.57. The molecule has 1 amide bonds. The van der Waals surface area contributed by atoms with Crippen molar-refractivity contribution in [3.05, 3.63) is 65.7 Å². The van der Waals surface area contributed by atoms with E-state index in [1.807, 2.05) is 0 Å². The number of rotatable bonds is 4. The summed E-state index contributed by atoms with van der Waals surface area (Å²) >= 11 is 0. The molecule has 0 bridgehead atoms. The lowest BCUT2D eigenvalue weighted by Crippen LogP contribution is -2.20. The number of nitrogens with one attached hydrogen (secondary N) is 1. The van der Waals surface area contributed by atoms with Crippen LogP contribution in [-0.2, 0) is 4.79 Å². The molecule has 1 N–H and O–H groups in total. The van der Waals surface area contributed by atoms with Crippen molar-refractivity contribution in [1.29, 1.82) is 5.26 Å². The molecule has 0 unspecified atom stereocenters. The standard InChI is InChI=1S/C21H22N2O/c22-15-17-8-12-20(13-9-17)23-21(24)14-16-6-10-19(11-7-16)18-4-2-1-3-5-18/h1-5,8-9,12-13,16,19H,6-7,10-11,14H2,(H,23,24). The summed E-state index contributed by atoms with van der Waals surface area (Å²) in [5.41, 5.74) is 2.79. The Labute approximate surface area is 143 Å². The second-order valence-electron chi connectivity index (χ2n) is 6.57. The van der Waals surface area contributed by atoms with E-state index in [9.17, 15) is 4.79 Å². The number of nitrogens with zero attached hydrogens (tertiary/aromatic N) is 1. The van der Waals surface area contributed by atoms with Gasteiger partial charge in [0.1, 0.15) is 0 Å².